The molecule has 1 rings (SSSR count). The van der Waals surface area contributed by atoms with E-state index >= 15 is 0 Å². The van der Waals surface area contributed by atoms with Gasteiger partial charge < -0.3 is 10.6 Å². The van der Waals surface area contributed by atoms with Gasteiger partial charge in [-0.1, -0.05) is 31.9 Å². The number of unbranched alkanes of at least 4 members (excludes halogenated alkanes) is 1. The monoisotopic (exact) mass is 284 g/mol. The topological polar surface area (TPSA) is 72.1 Å². The maximum absolute atomic E-state index is 11.1. The predicted molar refractivity (Wildman–Crippen MR) is 77.4 cm³/mol. The van der Waals surface area contributed by atoms with Crippen LogP contribution in [-0.4, -0.2) is 29.0 Å². The molecule has 0 fully saturated rings. The van der Waals surface area contributed by atoms with Crippen LogP contribution >= 0.6 is 11.6 Å². The molecule has 0 aromatic carbocycles. The second kappa shape index (κ2) is 7.94. The van der Waals surface area contributed by atoms with Gasteiger partial charge in [0.05, 0.1) is 6.54 Å². The van der Waals surface area contributed by atoms with Crippen LogP contribution in [0.25, 0.3) is 0 Å². The zero-order valence-electron chi connectivity index (χ0n) is 11.5. The molecule has 0 bridgehead atoms. The van der Waals surface area contributed by atoms with Crippen LogP contribution in [0.15, 0.2) is 6.07 Å². The minimum Gasteiger partial charge on any atom is -0.368 e. The number of nitrogens with two attached hydrogens (primary N) is 1. The van der Waals surface area contributed by atoms with Crippen LogP contribution in [0.4, 0.5) is 5.82 Å². The fourth-order valence-electron chi connectivity index (χ4n) is 1.76. The van der Waals surface area contributed by atoms with E-state index in [1.165, 1.54) is 0 Å². The summed E-state index contributed by atoms with van der Waals surface area (Å²) in [6.07, 6.45) is 3.73. The van der Waals surface area contributed by atoms with E-state index in [4.69, 9.17) is 17.3 Å². The number of aromatic nitrogens is 2. The lowest BCUT2D eigenvalue weighted by Crippen LogP contribution is -2.35. The molecule has 0 radical (unpaired) electrons. The lowest BCUT2D eigenvalue weighted by atomic mass is 10.3. The molecule has 0 atom stereocenters. The first-order valence-corrected chi connectivity index (χ1v) is 7.01. The Bertz CT molecular complexity index is 425. The maximum Gasteiger partial charge on any atom is 0.236 e. The van der Waals surface area contributed by atoms with Crippen LogP contribution in [0.1, 0.15) is 38.9 Å². The Labute approximate surface area is 119 Å². The number of halogens is 1. The van der Waals surface area contributed by atoms with E-state index in [0.29, 0.717) is 16.8 Å². The highest BCUT2D eigenvalue weighted by Gasteiger charge is 2.13. The van der Waals surface area contributed by atoms with Gasteiger partial charge in [0.1, 0.15) is 16.8 Å². The number of carbonyl (C=O) groups is 1. The smallest absolute Gasteiger partial charge is 0.236 e. The standard InChI is InChI=1S/C13H21ClN4O/c1-3-5-7-18(9-11(15)19)13-8-10(14)16-12(17-13)6-4-2/h8H,3-7,9H2,1-2H3,(H2,15,19). The zero-order chi connectivity index (χ0) is 14.3. The van der Waals surface area contributed by atoms with Crippen LogP contribution in [0.2, 0.25) is 5.15 Å². The molecule has 0 unspecified atom stereocenters. The lowest BCUT2D eigenvalue weighted by molar-refractivity contribution is -0.116. The Hall–Kier alpha value is -1.36. The molecule has 0 saturated carbocycles. The molecule has 1 aromatic rings. The van der Waals surface area contributed by atoms with E-state index in [-0.39, 0.29) is 12.5 Å². The van der Waals surface area contributed by atoms with Crippen molar-refractivity contribution in [3.8, 4) is 0 Å². The molecule has 19 heavy (non-hydrogen) atoms. The molecule has 106 valence electrons. The van der Waals surface area contributed by atoms with Crippen LogP contribution in [0, 0.1) is 0 Å². The third kappa shape index (κ3) is 5.42. The van der Waals surface area contributed by atoms with Gasteiger partial charge in [0.2, 0.25) is 5.91 Å². The van der Waals surface area contributed by atoms with Gasteiger partial charge in [-0.2, -0.15) is 0 Å². The summed E-state index contributed by atoms with van der Waals surface area (Å²) in [5.41, 5.74) is 5.28. The van der Waals surface area contributed by atoms with Gasteiger partial charge in [0.25, 0.3) is 0 Å². The molecule has 0 aliphatic rings. The van der Waals surface area contributed by atoms with Crippen molar-refractivity contribution < 1.29 is 4.79 Å². The van der Waals surface area contributed by atoms with E-state index in [1.807, 2.05) is 4.90 Å². The van der Waals surface area contributed by atoms with Crippen molar-refractivity contribution in [2.24, 2.45) is 5.73 Å². The van der Waals surface area contributed by atoms with Crippen molar-refractivity contribution >= 4 is 23.3 Å². The summed E-state index contributed by atoms with van der Waals surface area (Å²) in [6, 6.07) is 1.68. The fraction of sp³-hybridized carbons (Fsp3) is 0.615. The van der Waals surface area contributed by atoms with Crippen molar-refractivity contribution in [3.63, 3.8) is 0 Å². The van der Waals surface area contributed by atoms with Crippen LogP contribution in [0.5, 0.6) is 0 Å². The first kappa shape index (κ1) is 15.7. The fourth-order valence-corrected chi connectivity index (χ4v) is 1.96. The molecule has 6 heteroatoms. The average Bonchev–Trinajstić information content (AvgIpc) is 2.33. The summed E-state index contributed by atoms with van der Waals surface area (Å²) in [7, 11) is 0. The Morgan fingerprint density at radius 3 is 2.68 bits per heavy atom. The molecule has 0 aliphatic heterocycles. The number of rotatable bonds is 8. The molecule has 0 aliphatic carbocycles. The average molecular weight is 285 g/mol. The minimum atomic E-state index is -0.372. The highest BCUT2D eigenvalue weighted by molar-refractivity contribution is 6.29. The second-order valence-corrected chi connectivity index (χ2v) is 4.84. The second-order valence-electron chi connectivity index (χ2n) is 4.46. The summed E-state index contributed by atoms with van der Waals surface area (Å²) in [5.74, 6) is 1.01. The van der Waals surface area contributed by atoms with Crippen LogP contribution in [0.3, 0.4) is 0 Å². The molecule has 5 nitrogen and oxygen atoms in total. The highest BCUT2D eigenvalue weighted by Crippen LogP contribution is 2.17. The zero-order valence-corrected chi connectivity index (χ0v) is 12.3. The number of hydrogen-bond donors (Lipinski definition) is 1. The van der Waals surface area contributed by atoms with Gasteiger partial charge in [-0.3, -0.25) is 4.79 Å². The van der Waals surface area contributed by atoms with Crippen molar-refractivity contribution in [1.82, 2.24) is 9.97 Å². The van der Waals surface area contributed by atoms with Gasteiger partial charge >= 0.3 is 0 Å². The number of primary amides is 1. The van der Waals surface area contributed by atoms with Gasteiger partial charge in [-0.15, -0.1) is 0 Å². The predicted octanol–water partition coefficient (Wildman–Crippen LogP) is 2.17. The number of hydrogen-bond acceptors (Lipinski definition) is 4. The van der Waals surface area contributed by atoms with Gasteiger partial charge in [-0.25, -0.2) is 9.97 Å². The molecule has 1 amide bonds. The van der Waals surface area contributed by atoms with E-state index in [0.717, 1.165) is 32.2 Å². The van der Waals surface area contributed by atoms with Crippen molar-refractivity contribution in [2.45, 2.75) is 39.5 Å². The first-order chi connectivity index (χ1) is 9.06. The summed E-state index contributed by atoms with van der Waals surface area (Å²) in [6.45, 7) is 5.04. The first-order valence-electron chi connectivity index (χ1n) is 6.63. The summed E-state index contributed by atoms with van der Waals surface area (Å²) < 4.78 is 0. The number of anilines is 1. The SMILES string of the molecule is CCCCN(CC(N)=O)c1cc(Cl)nc(CCC)n1. The van der Waals surface area contributed by atoms with E-state index in [9.17, 15) is 4.79 Å². The Kier molecular flexibility index (Phi) is 6.56. The minimum absolute atomic E-state index is 0.152. The molecule has 1 heterocycles. The normalized spacial score (nSPS) is 10.5. The van der Waals surface area contributed by atoms with E-state index in [1.54, 1.807) is 6.07 Å². The van der Waals surface area contributed by atoms with Gasteiger partial charge in [0, 0.05) is 19.0 Å². The third-order valence-corrected chi connectivity index (χ3v) is 2.85. The number of aryl methyl sites for hydroxylation is 1. The number of carbonyl (C=O) groups excluding carboxylic acids is 1. The molecule has 2 N–H and O–H groups in total. The highest BCUT2D eigenvalue weighted by atomic mass is 35.5. The van der Waals surface area contributed by atoms with Gasteiger partial charge in [0.15, 0.2) is 0 Å². The van der Waals surface area contributed by atoms with E-state index < -0.39 is 0 Å². The Morgan fingerprint density at radius 1 is 1.37 bits per heavy atom. The molecular weight excluding hydrogens is 264 g/mol. The number of nitrogens with zero attached hydrogens (tertiary/aromatic N) is 3. The Balaban J connectivity index is 2.95. The quantitative estimate of drug-likeness (QED) is 0.743. The Morgan fingerprint density at radius 2 is 2.11 bits per heavy atom. The van der Waals surface area contributed by atoms with Crippen molar-refractivity contribution in [1.29, 1.82) is 0 Å². The molecule has 1 aromatic heterocycles. The number of amides is 1. The van der Waals surface area contributed by atoms with Crippen molar-refractivity contribution in [3.05, 3.63) is 17.0 Å². The van der Waals surface area contributed by atoms with Crippen LogP contribution in [-0.2, 0) is 11.2 Å². The summed E-state index contributed by atoms with van der Waals surface area (Å²) in [4.78, 5) is 21.6. The summed E-state index contributed by atoms with van der Waals surface area (Å²) >= 11 is 6.01. The molecular formula is C13H21ClN4O. The van der Waals surface area contributed by atoms with Crippen LogP contribution < -0.4 is 10.6 Å². The van der Waals surface area contributed by atoms with Crippen molar-refractivity contribution in [2.75, 3.05) is 18.0 Å². The van der Waals surface area contributed by atoms with E-state index in [2.05, 4.69) is 23.8 Å². The maximum atomic E-state index is 11.1. The lowest BCUT2D eigenvalue weighted by Gasteiger charge is -2.22. The summed E-state index contributed by atoms with van der Waals surface area (Å²) in [5, 5.41) is 0.402. The largest absolute Gasteiger partial charge is 0.368 e. The third-order valence-electron chi connectivity index (χ3n) is 2.65. The molecule has 0 spiro atoms. The molecule has 0 saturated heterocycles. The van der Waals surface area contributed by atoms with Gasteiger partial charge in [-0.05, 0) is 12.8 Å².